The largest absolute Gasteiger partial charge is 0.481 e. The quantitative estimate of drug-likeness (QED) is 0.0519. The van der Waals surface area contributed by atoms with E-state index in [2.05, 4.69) is 40.4 Å². The highest BCUT2D eigenvalue weighted by Gasteiger charge is 2.02. The molecule has 0 aliphatic carbocycles. The normalized spacial score (nSPS) is 10.7. The fraction of sp³-hybridized carbons (Fsp3) is 0.912. The summed E-state index contributed by atoms with van der Waals surface area (Å²) in [7, 11) is 0. The molecule has 0 aromatic rings. The van der Waals surface area contributed by atoms with Crippen LogP contribution in [0.3, 0.4) is 0 Å². The highest BCUT2D eigenvalue weighted by molar-refractivity contribution is 5.76. The topological polar surface area (TPSA) is 132 Å². The van der Waals surface area contributed by atoms with Gasteiger partial charge in [-0.25, -0.2) is 0 Å². The van der Waals surface area contributed by atoms with Gasteiger partial charge in [0.1, 0.15) is 0 Å². The Labute approximate surface area is 265 Å². The maximum atomic E-state index is 11.9. The van der Waals surface area contributed by atoms with E-state index < -0.39 is 5.97 Å². The number of hydrogen-bond donors (Lipinski definition) is 6. The summed E-state index contributed by atoms with van der Waals surface area (Å²) in [6, 6.07) is 0. The number of unbranched alkanes of at least 4 members (excludes halogenated alkanes) is 16. The third-order valence-electron chi connectivity index (χ3n) is 7.22. The minimum atomic E-state index is -0.833. The first kappa shape index (κ1) is 43.4. The average Bonchev–Trinajstić information content (AvgIpc) is 2.97. The lowest BCUT2D eigenvalue weighted by Crippen LogP contribution is -2.37. The van der Waals surface area contributed by atoms with Crippen molar-refractivity contribution >= 4 is 17.8 Å². The lowest BCUT2D eigenvalue weighted by molar-refractivity contribution is -0.134. The molecular formula is C34H71N5O4. The van der Waals surface area contributed by atoms with Gasteiger partial charge in [-0.05, 0) is 12.8 Å². The van der Waals surface area contributed by atoms with E-state index in [1.165, 1.54) is 103 Å². The SMILES string of the molecule is CC(=O)O.CCCCCCCCCCCC(=O)NCCNCCNCCNCCNC(=O)CCCCCCCCCCC. The van der Waals surface area contributed by atoms with Crippen molar-refractivity contribution in [1.82, 2.24) is 26.6 Å². The first-order valence-corrected chi connectivity index (χ1v) is 17.8. The lowest BCUT2D eigenvalue weighted by Gasteiger charge is -2.09. The van der Waals surface area contributed by atoms with Crippen molar-refractivity contribution in [2.75, 3.05) is 52.4 Å². The van der Waals surface area contributed by atoms with E-state index in [-0.39, 0.29) is 11.8 Å². The Hall–Kier alpha value is -1.71. The van der Waals surface area contributed by atoms with E-state index in [4.69, 9.17) is 9.90 Å². The Bertz CT molecular complexity index is 559. The van der Waals surface area contributed by atoms with E-state index >= 15 is 0 Å². The summed E-state index contributed by atoms with van der Waals surface area (Å²) in [4.78, 5) is 32.8. The monoisotopic (exact) mass is 614 g/mol. The number of aliphatic carboxylic acids is 1. The molecule has 6 N–H and O–H groups in total. The van der Waals surface area contributed by atoms with Gasteiger partial charge >= 0.3 is 0 Å². The molecule has 0 radical (unpaired) electrons. The third kappa shape index (κ3) is 44.9. The average molecular weight is 614 g/mol. The van der Waals surface area contributed by atoms with E-state index in [9.17, 15) is 9.59 Å². The first-order chi connectivity index (χ1) is 20.9. The van der Waals surface area contributed by atoms with Crippen molar-refractivity contribution in [2.45, 2.75) is 149 Å². The zero-order valence-corrected chi connectivity index (χ0v) is 28.5. The van der Waals surface area contributed by atoms with Gasteiger partial charge in [-0.3, -0.25) is 14.4 Å². The summed E-state index contributed by atoms with van der Waals surface area (Å²) < 4.78 is 0. The van der Waals surface area contributed by atoms with Gasteiger partial charge < -0.3 is 31.7 Å². The molecule has 0 rings (SSSR count). The molecule has 9 heteroatoms. The zero-order valence-electron chi connectivity index (χ0n) is 28.5. The summed E-state index contributed by atoms with van der Waals surface area (Å²) in [5.74, 6) is -0.465. The third-order valence-corrected chi connectivity index (χ3v) is 7.22. The van der Waals surface area contributed by atoms with Crippen LogP contribution in [0.5, 0.6) is 0 Å². The van der Waals surface area contributed by atoms with Crippen LogP contribution in [0, 0.1) is 0 Å². The van der Waals surface area contributed by atoms with Crippen molar-refractivity contribution < 1.29 is 19.5 Å². The molecule has 9 nitrogen and oxygen atoms in total. The van der Waals surface area contributed by atoms with Gasteiger partial charge in [-0.2, -0.15) is 0 Å². The Morgan fingerprint density at radius 3 is 0.930 bits per heavy atom. The number of carboxylic acids is 1. The number of amides is 2. The van der Waals surface area contributed by atoms with Crippen LogP contribution in [0.2, 0.25) is 0 Å². The van der Waals surface area contributed by atoms with Gasteiger partial charge in [0.2, 0.25) is 11.8 Å². The second-order valence-corrected chi connectivity index (χ2v) is 11.6. The molecule has 256 valence electrons. The fourth-order valence-corrected chi connectivity index (χ4v) is 4.68. The van der Waals surface area contributed by atoms with Gasteiger partial charge in [0.15, 0.2) is 0 Å². The number of carboxylic acid groups (broad SMARTS) is 1. The van der Waals surface area contributed by atoms with Crippen molar-refractivity contribution in [3.63, 3.8) is 0 Å². The predicted octanol–water partition coefficient (Wildman–Crippen LogP) is 5.92. The van der Waals surface area contributed by atoms with Gasteiger partial charge in [-0.15, -0.1) is 0 Å². The Balaban J connectivity index is 0. The van der Waals surface area contributed by atoms with Crippen LogP contribution < -0.4 is 26.6 Å². The molecule has 0 aliphatic rings. The number of nitrogens with one attached hydrogen (secondary N) is 5. The molecule has 0 spiro atoms. The molecular weight excluding hydrogens is 542 g/mol. The van der Waals surface area contributed by atoms with Crippen molar-refractivity contribution in [1.29, 1.82) is 0 Å². The fourth-order valence-electron chi connectivity index (χ4n) is 4.68. The summed E-state index contributed by atoms with van der Waals surface area (Å²) in [6.07, 6.45) is 24.4. The van der Waals surface area contributed by atoms with Crippen molar-refractivity contribution in [3.8, 4) is 0 Å². The van der Waals surface area contributed by atoms with Crippen molar-refractivity contribution in [2.24, 2.45) is 0 Å². The first-order valence-electron chi connectivity index (χ1n) is 17.8. The summed E-state index contributed by atoms with van der Waals surface area (Å²) in [5.41, 5.74) is 0. The highest BCUT2D eigenvalue weighted by atomic mass is 16.4. The molecule has 0 aromatic heterocycles. The number of hydrogen-bond acceptors (Lipinski definition) is 6. The van der Waals surface area contributed by atoms with Gasteiger partial charge in [0.05, 0.1) is 0 Å². The molecule has 0 saturated heterocycles. The van der Waals surface area contributed by atoms with Crippen molar-refractivity contribution in [3.05, 3.63) is 0 Å². The molecule has 0 atom stereocenters. The Kier molecular flexibility index (Phi) is 38.7. The summed E-state index contributed by atoms with van der Waals surface area (Å²) >= 11 is 0. The van der Waals surface area contributed by atoms with E-state index in [1.807, 2.05) is 0 Å². The molecule has 0 fully saturated rings. The minimum absolute atomic E-state index is 0.184. The summed E-state index contributed by atoms with van der Waals surface area (Å²) in [6.45, 7) is 12.2. The zero-order chi connectivity index (χ0) is 32.1. The van der Waals surface area contributed by atoms with E-state index in [0.29, 0.717) is 25.9 Å². The van der Waals surface area contributed by atoms with Gasteiger partial charge in [0.25, 0.3) is 5.97 Å². The van der Waals surface area contributed by atoms with Crippen LogP contribution in [0.25, 0.3) is 0 Å². The van der Waals surface area contributed by atoms with E-state index in [0.717, 1.165) is 59.0 Å². The lowest BCUT2D eigenvalue weighted by atomic mass is 10.1. The van der Waals surface area contributed by atoms with Crippen LogP contribution in [0.4, 0.5) is 0 Å². The summed E-state index contributed by atoms with van der Waals surface area (Å²) in [5, 5.41) is 23.6. The van der Waals surface area contributed by atoms with Crippen LogP contribution >= 0.6 is 0 Å². The van der Waals surface area contributed by atoms with Gasteiger partial charge in [-0.1, -0.05) is 117 Å². The predicted molar refractivity (Wildman–Crippen MR) is 182 cm³/mol. The van der Waals surface area contributed by atoms with Crippen LogP contribution in [-0.4, -0.2) is 75.2 Å². The van der Waals surface area contributed by atoms with E-state index in [1.54, 1.807) is 0 Å². The molecule has 0 heterocycles. The highest BCUT2D eigenvalue weighted by Crippen LogP contribution is 2.11. The van der Waals surface area contributed by atoms with Crippen LogP contribution in [-0.2, 0) is 14.4 Å². The number of rotatable bonds is 32. The second-order valence-electron chi connectivity index (χ2n) is 11.6. The molecule has 0 bridgehead atoms. The Morgan fingerprint density at radius 1 is 0.419 bits per heavy atom. The Morgan fingerprint density at radius 2 is 0.651 bits per heavy atom. The smallest absolute Gasteiger partial charge is 0.300 e. The number of carbonyl (C=O) groups excluding carboxylic acids is 2. The molecule has 0 aromatic carbocycles. The maximum Gasteiger partial charge on any atom is 0.300 e. The molecule has 43 heavy (non-hydrogen) atoms. The van der Waals surface area contributed by atoms with Crippen LogP contribution in [0.1, 0.15) is 149 Å². The number of carbonyl (C=O) groups is 3. The standard InChI is InChI=1S/C32H67N5O2.C2H4O2/c1-3-5-7-9-11-13-15-17-19-21-31(38)36-29-27-34-25-23-33-24-26-35-28-30-37-32(39)22-20-18-16-14-12-10-8-6-4-2;1-2(3)4/h33-35H,3-30H2,1-2H3,(H,36,38)(H,37,39);1H3,(H,3,4). The molecule has 0 aliphatic heterocycles. The minimum Gasteiger partial charge on any atom is -0.481 e. The molecule has 0 unspecified atom stereocenters. The molecule has 2 amide bonds. The van der Waals surface area contributed by atoms with Crippen LogP contribution in [0.15, 0.2) is 0 Å². The maximum absolute atomic E-state index is 11.9. The second kappa shape index (κ2) is 38.3. The molecule has 0 saturated carbocycles. The van der Waals surface area contributed by atoms with Gasteiger partial charge in [0, 0.05) is 72.1 Å².